The number of nitro benzene ring substituents is 1. The van der Waals surface area contributed by atoms with E-state index in [2.05, 4.69) is 5.32 Å². The predicted octanol–water partition coefficient (Wildman–Crippen LogP) is 3.66. The Morgan fingerprint density at radius 2 is 1.94 bits per heavy atom. The number of rotatable bonds is 6. The van der Waals surface area contributed by atoms with Gasteiger partial charge in [-0.15, -0.1) is 0 Å². The maximum absolute atomic E-state index is 13.8. The number of carbonyl (C=O) groups is 3. The summed E-state index contributed by atoms with van der Waals surface area (Å²) in [5, 5.41) is 25.6. The minimum atomic E-state index is -1.73. The number of carboxylic acid groups (broad SMARTS) is 1. The number of furan rings is 1. The number of hydrogen-bond acceptors (Lipinski definition) is 7. The lowest BCUT2D eigenvalue weighted by Gasteiger charge is -2.35. The summed E-state index contributed by atoms with van der Waals surface area (Å²) in [6.45, 7) is 3.55. The highest BCUT2D eigenvalue weighted by Gasteiger charge is 2.70. The number of nitrogens with zero attached hydrogens (tertiary/aromatic N) is 2. The summed E-state index contributed by atoms with van der Waals surface area (Å²) in [5.74, 6) is -4.99. The summed E-state index contributed by atoms with van der Waals surface area (Å²) >= 11 is 0. The van der Waals surface area contributed by atoms with Crippen molar-refractivity contribution in [2.24, 2.45) is 17.8 Å². The van der Waals surface area contributed by atoms with E-state index in [1.54, 1.807) is 25.1 Å². The topological polar surface area (TPSA) is 143 Å². The van der Waals surface area contributed by atoms with E-state index >= 15 is 0 Å². The molecule has 0 bridgehead atoms. The highest BCUT2D eigenvalue weighted by molar-refractivity contribution is 6.24. The molecular formula is C25H23N3O7. The van der Waals surface area contributed by atoms with E-state index in [-0.39, 0.29) is 11.4 Å². The largest absolute Gasteiger partial charge is 0.480 e. The normalized spacial score (nSPS) is 26.8. The molecule has 180 valence electrons. The molecule has 2 aliphatic rings. The summed E-state index contributed by atoms with van der Waals surface area (Å²) < 4.78 is 5.99. The van der Waals surface area contributed by atoms with Gasteiger partial charge in [0.05, 0.1) is 28.5 Å². The molecule has 10 nitrogen and oxygen atoms in total. The number of non-ortho nitro benzene ring substituents is 1. The Morgan fingerprint density at radius 1 is 1.20 bits per heavy atom. The molecule has 0 aliphatic carbocycles. The van der Waals surface area contributed by atoms with Crippen molar-refractivity contribution in [2.75, 3.05) is 4.90 Å². The summed E-state index contributed by atoms with van der Waals surface area (Å²) in [6.07, 6.45) is 0.438. The number of carboxylic acids is 1. The summed E-state index contributed by atoms with van der Waals surface area (Å²) in [7, 11) is 0. The maximum atomic E-state index is 13.8. The Labute approximate surface area is 199 Å². The SMILES string of the molecule is CCC(C)C1(C(=O)O)NC(c2cc3ccccc3o2)C2C(=O)N(c3cccc([N+](=O)[O-])c3)C(=O)C21. The molecular weight excluding hydrogens is 454 g/mol. The summed E-state index contributed by atoms with van der Waals surface area (Å²) in [4.78, 5) is 51.9. The van der Waals surface area contributed by atoms with Crippen LogP contribution in [0.25, 0.3) is 11.0 Å². The third-order valence-corrected chi connectivity index (χ3v) is 7.39. The zero-order valence-corrected chi connectivity index (χ0v) is 19.0. The number of carbonyl (C=O) groups excluding carboxylic acids is 2. The monoisotopic (exact) mass is 477 g/mol. The summed E-state index contributed by atoms with van der Waals surface area (Å²) in [5.41, 5.74) is -1.40. The quantitative estimate of drug-likeness (QED) is 0.311. The number of amides is 2. The van der Waals surface area contributed by atoms with Gasteiger partial charge in [0, 0.05) is 17.5 Å². The van der Waals surface area contributed by atoms with Crippen LogP contribution in [0.1, 0.15) is 32.1 Å². The smallest absolute Gasteiger partial charge is 0.325 e. The number of hydrogen-bond donors (Lipinski definition) is 2. The first kappa shape index (κ1) is 22.7. The molecule has 1 aromatic heterocycles. The molecule has 5 rings (SSSR count). The molecule has 2 N–H and O–H groups in total. The number of fused-ring (bicyclic) bond motifs is 2. The van der Waals surface area contributed by atoms with Crippen LogP contribution in [0.3, 0.4) is 0 Å². The second kappa shape index (κ2) is 8.02. The van der Waals surface area contributed by atoms with Gasteiger partial charge >= 0.3 is 5.97 Å². The van der Waals surface area contributed by atoms with Crippen molar-refractivity contribution in [3.05, 3.63) is 70.5 Å². The van der Waals surface area contributed by atoms with E-state index in [1.165, 1.54) is 18.2 Å². The lowest BCUT2D eigenvalue weighted by molar-refractivity contribution is -0.384. The van der Waals surface area contributed by atoms with Crippen LogP contribution >= 0.6 is 0 Å². The fourth-order valence-electron chi connectivity index (χ4n) is 5.52. The van der Waals surface area contributed by atoms with Crippen LogP contribution in [-0.4, -0.2) is 33.4 Å². The van der Waals surface area contributed by atoms with Crippen molar-refractivity contribution in [3.8, 4) is 0 Å². The first-order chi connectivity index (χ1) is 16.7. The minimum Gasteiger partial charge on any atom is -0.480 e. The van der Waals surface area contributed by atoms with Gasteiger partial charge in [-0.2, -0.15) is 0 Å². The molecule has 0 spiro atoms. The third-order valence-electron chi connectivity index (χ3n) is 7.39. The van der Waals surface area contributed by atoms with Gasteiger partial charge in [-0.05, 0) is 24.1 Å². The van der Waals surface area contributed by atoms with E-state index < -0.39 is 52.0 Å². The lowest BCUT2D eigenvalue weighted by Crippen LogP contribution is -2.59. The number of aliphatic carboxylic acids is 1. The van der Waals surface area contributed by atoms with Crippen molar-refractivity contribution in [1.82, 2.24) is 5.32 Å². The molecule has 35 heavy (non-hydrogen) atoms. The van der Waals surface area contributed by atoms with E-state index in [0.717, 1.165) is 16.4 Å². The highest BCUT2D eigenvalue weighted by atomic mass is 16.6. The molecule has 0 radical (unpaired) electrons. The van der Waals surface area contributed by atoms with Gasteiger partial charge in [0.2, 0.25) is 11.8 Å². The maximum Gasteiger partial charge on any atom is 0.325 e. The Bertz CT molecular complexity index is 1350. The molecule has 2 amide bonds. The molecule has 3 aromatic rings. The van der Waals surface area contributed by atoms with Gasteiger partial charge in [-0.3, -0.25) is 29.8 Å². The standard InChI is InChI=1S/C25H23N3O7/c1-3-13(2)25(24(31)32)20-19(21(26-25)18-11-14-7-4-5-10-17(14)35-18)22(29)27(23(20)30)15-8-6-9-16(12-15)28(33)34/h4-13,19-21,26H,3H2,1-2H3,(H,31,32). The van der Waals surface area contributed by atoms with Crippen molar-refractivity contribution >= 4 is 40.1 Å². The van der Waals surface area contributed by atoms with Crippen LogP contribution in [0.2, 0.25) is 0 Å². The molecule has 2 fully saturated rings. The van der Waals surface area contributed by atoms with Gasteiger partial charge in [0.25, 0.3) is 5.69 Å². The average Bonchev–Trinajstić information content (AvgIpc) is 3.50. The zero-order chi connectivity index (χ0) is 25.1. The molecule has 5 unspecified atom stereocenters. The number of para-hydroxylation sites is 1. The number of benzene rings is 2. The average molecular weight is 477 g/mol. The van der Waals surface area contributed by atoms with Crippen LogP contribution in [-0.2, 0) is 14.4 Å². The van der Waals surface area contributed by atoms with Crippen LogP contribution in [0.5, 0.6) is 0 Å². The van der Waals surface area contributed by atoms with E-state index in [1.807, 2.05) is 19.1 Å². The molecule has 5 atom stereocenters. The van der Waals surface area contributed by atoms with Crippen molar-refractivity contribution in [1.29, 1.82) is 0 Å². The summed E-state index contributed by atoms with van der Waals surface area (Å²) in [6, 6.07) is 13.3. The fourth-order valence-corrected chi connectivity index (χ4v) is 5.52. The van der Waals surface area contributed by atoms with E-state index in [0.29, 0.717) is 17.8 Å². The highest BCUT2D eigenvalue weighted by Crippen LogP contribution is 2.53. The molecule has 0 saturated carbocycles. The molecule has 10 heteroatoms. The molecule has 2 aliphatic heterocycles. The van der Waals surface area contributed by atoms with Crippen LogP contribution in [0.4, 0.5) is 11.4 Å². The van der Waals surface area contributed by atoms with Crippen molar-refractivity contribution in [3.63, 3.8) is 0 Å². The number of anilines is 1. The zero-order valence-electron chi connectivity index (χ0n) is 19.0. The molecule has 2 aromatic carbocycles. The van der Waals surface area contributed by atoms with Crippen LogP contribution < -0.4 is 10.2 Å². The predicted molar refractivity (Wildman–Crippen MR) is 124 cm³/mol. The number of imide groups is 1. The Morgan fingerprint density at radius 3 is 2.60 bits per heavy atom. The van der Waals surface area contributed by atoms with Gasteiger partial charge in [0.15, 0.2) is 0 Å². The Balaban J connectivity index is 1.68. The van der Waals surface area contributed by atoms with Crippen molar-refractivity contribution < 1.29 is 28.8 Å². The lowest BCUT2D eigenvalue weighted by atomic mass is 9.72. The number of nitro groups is 1. The Hall–Kier alpha value is -4.05. The van der Waals surface area contributed by atoms with Crippen molar-refractivity contribution in [2.45, 2.75) is 31.8 Å². The van der Waals surface area contributed by atoms with Crippen LogP contribution in [0, 0.1) is 27.9 Å². The first-order valence-electron chi connectivity index (χ1n) is 11.3. The second-order valence-electron chi connectivity index (χ2n) is 9.08. The van der Waals surface area contributed by atoms with E-state index in [4.69, 9.17) is 4.42 Å². The molecule has 3 heterocycles. The van der Waals surface area contributed by atoms with Gasteiger partial charge in [-0.25, -0.2) is 4.90 Å². The minimum absolute atomic E-state index is 0.0374. The Kier molecular flexibility index (Phi) is 5.21. The fraction of sp³-hybridized carbons (Fsp3) is 0.320. The molecule has 2 saturated heterocycles. The first-order valence-corrected chi connectivity index (χ1v) is 11.3. The van der Waals surface area contributed by atoms with Gasteiger partial charge in [0.1, 0.15) is 16.9 Å². The second-order valence-corrected chi connectivity index (χ2v) is 9.08. The van der Waals surface area contributed by atoms with Gasteiger partial charge < -0.3 is 9.52 Å². The van der Waals surface area contributed by atoms with Crippen LogP contribution in [0.15, 0.2) is 59.0 Å². The number of nitrogens with one attached hydrogen (secondary N) is 1. The third kappa shape index (κ3) is 3.17. The van der Waals surface area contributed by atoms with E-state index in [9.17, 15) is 29.6 Å². The van der Waals surface area contributed by atoms with Gasteiger partial charge in [-0.1, -0.05) is 44.5 Å².